The van der Waals surface area contributed by atoms with Crippen LogP contribution < -0.4 is 4.72 Å². The molecule has 0 saturated heterocycles. The summed E-state index contributed by atoms with van der Waals surface area (Å²) in [7, 11) is -1.95. The monoisotopic (exact) mass is 286 g/mol. The number of ether oxygens (including phenoxy) is 1. The van der Waals surface area contributed by atoms with Crippen LogP contribution in [0, 0.1) is 0 Å². The summed E-state index contributed by atoms with van der Waals surface area (Å²) < 4.78 is 36.3. The van der Waals surface area contributed by atoms with Gasteiger partial charge in [0.05, 0.1) is 16.6 Å². The molecule has 0 aliphatic rings. The Balaban J connectivity index is 2.23. The molecule has 0 fully saturated rings. The Morgan fingerprint density at radius 2 is 2.17 bits per heavy atom. The van der Waals surface area contributed by atoms with Crippen molar-refractivity contribution in [1.82, 2.24) is 4.37 Å². The molecule has 7 heteroatoms. The van der Waals surface area contributed by atoms with Gasteiger partial charge >= 0.3 is 0 Å². The van der Waals surface area contributed by atoms with E-state index in [0.717, 1.165) is 10.1 Å². The van der Waals surface area contributed by atoms with E-state index in [4.69, 9.17) is 4.74 Å². The average molecular weight is 286 g/mol. The van der Waals surface area contributed by atoms with Crippen LogP contribution in [0.15, 0.2) is 24.3 Å². The van der Waals surface area contributed by atoms with Crippen LogP contribution in [-0.4, -0.2) is 31.8 Å². The zero-order valence-electron chi connectivity index (χ0n) is 10.1. The lowest BCUT2D eigenvalue weighted by atomic mass is 10.3. The average Bonchev–Trinajstić information content (AvgIpc) is 2.71. The van der Waals surface area contributed by atoms with Gasteiger partial charge in [-0.1, -0.05) is 12.1 Å². The first kappa shape index (κ1) is 13.3. The van der Waals surface area contributed by atoms with Crippen LogP contribution in [-0.2, 0) is 14.8 Å². The van der Waals surface area contributed by atoms with Gasteiger partial charge in [-0.05, 0) is 30.6 Å². The Labute approximate surface area is 110 Å². The van der Waals surface area contributed by atoms with E-state index >= 15 is 0 Å². The highest BCUT2D eigenvalue weighted by Gasteiger charge is 2.18. The maximum absolute atomic E-state index is 11.9. The summed E-state index contributed by atoms with van der Waals surface area (Å²) >= 11 is 1.27. The Hall–Kier alpha value is -1.18. The quantitative estimate of drug-likeness (QED) is 0.913. The van der Waals surface area contributed by atoms with Crippen molar-refractivity contribution in [3.8, 4) is 0 Å². The van der Waals surface area contributed by atoms with Crippen LogP contribution in [0.4, 0.5) is 5.82 Å². The lowest BCUT2D eigenvalue weighted by Gasteiger charge is -2.10. The number of hydrogen-bond acceptors (Lipinski definition) is 5. The van der Waals surface area contributed by atoms with Gasteiger partial charge in [0.2, 0.25) is 10.0 Å². The van der Waals surface area contributed by atoms with Crippen molar-refractivity contribution >= 4 is 37.5 Å². The molecule has 0 aliphatic heterocycles. The van der Waals surface area contributed by atoms with Crippen molar-refractivity contribution < 1.29 is 13.2 Å². The number of anilines is 1. The van der Waals surface area contributed by atoms with Gasteiger partial charge in [-0.25, -0.2) is 8.42 Å². The van der Waals surface area contributed by atoms with E-state index in [1.165, 1.54) is 18.6 Å². The molecule has 1 aromatic heterocycles. The third-order valence-corrected chi connectivity index (χ3v) is 4.73. The Morgan fingerprint density at radius 1 is 1.44 bits per heavy atom. The fraction of sp³-hybridized carbons (Fsp3) is 0.364. The fourth-order valence-corrected chi connectivity index (χ4v) is 3.61. The van der Waals surface area contributed by atoms with Gasteiger partial charge < -0.3 is 4.74 Å². The molecule has 2 rings (SSSR count). The van der Waals surface area contributed by atoms with E-state index in [1.54, 1.807) is 6.92 Å². The summed E-state index contributed by atoms with van der Waals surface area (Å²) in [4.78, 5) is 0. The second kappa shape index (κ2) is 5.21. The molecule has 0 aliphatic carbocycles. The van der Waals surface area contributed by atoms with Gasteiger partial charge in [0.25, 0.3) is 0 Å². The van der Waals surface area contributed by atoms with Gasteiger partial charge in [-0.3, -0.25) is 4.72 Å². The Bertz CT molecular complexity index is 637. The fourth-order valence-electron chi connectivity index (χ4n) is 1.53. The van der Waals surface area contributed by atoms with Crippen molar-refractivity contribution in [2.45, 2.75) is 13.0 Å². The third kappa shape index (κ3) is 2.98. The molecule has 18 heavy (non-hydrogen) atoms. The molecule has 0 bridgehead atoms. The molecule has 1 aromatic carbocycles. The predicted molar refractivity (Wildman–Crippen MR) is 73.5 cm³/mol. The molecule has 0 radical (unpaired) electrons. The van der Waals surface area contributed by atoms with E-state index in [1.807, 2.05) is 24.3 Å². The molecule has 0 spiro atoms. The summed E-state index contributed by atoms with van der Waals surface area (Å²) in [5, 5.41) is 0.816. The molecule has 2 aromatic rings. The minimum Gasteiger partial charge on any atom is -0.381 e. The summed E-state index contributed by atoms with van der Waals surface area (Å²) in [5.41, 5.74) is 0. The number of methoxy groups -OCH3 is 1. The molecule has 1 N–H and O–H groups in total. The minimum absolute atomic E-state index is 0.0879. The van der Waals surface area contributed by atoms with Gasteiger partial charge in [0.1, 0.15) is 0 Å². The zero-order chi connectivity index (χ0) is 13.2. The van der Waals surface area contributed by atoms with Crippen molar-refractivity contribution in [1.29, 1.82) is 0 Å². The van der Waals surface area contributed by atoms with Crippen molar-refractivity contribution in [2.24, 2.45) is 0 Å². The molecule has 1 atom stereocenters. The summed E-state index contributed by atoms with van der Waals surface area (Å²) in [6.07, 6.45) is -0.354. The number of benzene rings is 1. The number of nitrogens with zero attached hydrogens (tertiary/aromatic N) is 1. The Morgan fingerprint density at radius 3 is 2.89 bits per heavy atom. The zero-order valence-corrected chi connectivity index (χ0v) is 11.7. The van der Waals surface area contributed by atoms with E-state index in [0.29, 0.717) is 5.82 Å². The maximum atomic E-state index is 11.9. The summed E-state index contributed by atoms with van der Waals surface area (Å²) in [6.45, 7) is 1.71. The Kier molecular flexibility index (Phi) is 3.84. The normalized spacial score (nSPS) is 13.7. The molecule has 5 nitrogen and oxygen atoms in total. The molecule has 0 saturated carbocycles. The number of hydrogen-bond donors (Lipinski definition) is 1. The number of nitrogens with one attached hydrogen (secondary N) is 1. The first-order chi connectivity index (χ1) is 8.52. The van der Waals surface area contributed by atoms with Gasteiger partial charge in [-0.15, -0.1) is 0 Å². The molecular weight excluding hydrogens is 272 g/mol. The van der Waals surface area contributed by atoms with E-state index in [2.05, 4.69) is 9.10 Å². The molecule has 1 unspecified atom stereocenters. The number of sulfonamides is 1. The smallest absolute Gasteiger partial charge is 0.236 e. The number of fused-ring (bicyclic) bond motifs is 1. The SMILES string of the molecule is COC(C)CS(=O)(=O)Nc1nsc2ccccc12. The highest BCUT2D eigenvalue weighted by Crippen LogP contribution is 2.26. The molecule has 1 heterocycles. The van der Waals surface area contributed by atoms with Gasteiger partial charge in [0, 0.05) is 12.5 Å². The largest absolute Gasteiger partial charge is 0.381 e. The van der Waals surface area contributed by atoms with Crippen LogP contribution in [0.5, 0.6) is 0 Å². The first-order valence-electron chi connectivity index (χ1n) is 5.39. The minimum atomic E-state index is -3.44. The third-order valence-electron chi connectivity index (χ3n) is 2.49. The van der Waals surface area contributed by atoms with Gasteiger partial charge in [-0.2, -0.15) is 4.37 Å². The van der Waals surface area contributed by atoms with Crippen LogP contribution in [0.1, 0.15) is 6.92 Å². The lowest BCUT2D eigenvalue weighted by Crippen LogP contribution is -2.25. The van der Waals surface area contributed by atoms with Crippen LogP contribution in [0.2, 0.25) is 0 Å². The second-order valence-electron chi connectivity index (χ2n) is 3.96. The second-order valence-corrected chi connectivity index (χ2v) is 6.53. The predicted octanol–water partition coefficient (Wildman–Crippen LogP) is 2.07. The van der Waals surface area contributed by atoms with Crippen LogP contribution >= 0.6 is 11.5 Å². The van der Waals surface area contributed by atoms with E-state index in [-0.39, 0.29) is 11.9 Å². The molecule has 0 amide bonds. The number of rotatable bonds is 5. The van der Waals surface area contributed by atoms with Crippen molar-refractivity contribution in [2.75, 3.05) is 17.6 Å². The van der Waals surface area contributed by atoms with Crippen LogP contribution in [0.25, 0.3) is 10.1 Å². The summed E-state index contributed by atoms with van der Waals surface area (Å²) in [5.74, 6) is 0.300. The van der Waals surface area contributed by atoms with E-state index in [9.17, 15) is 8.42 Å². The summed E-state index contributed by atoms with van der Waals surface area (Å²) in [6, 6.07) is 7.50. The molecule has 98 valence electrons. The first-order valence-corrected chi connectivity index (χ1v) is 7.82. The topological polar surface area (TPSA) is 68.3 Å². The highest BCUT2D eigenvalue weighted by atomic mass is 32.2. The molecular formula is C11H14N2O3S2. The van der Waals surface area contributed by atoms with E-state index < -0.39 is 10.0 Å². The lowest BCUT2D eigenvalue weighted by molar-refractivity contribution is 0.136. The maximum Gasteiger partial charge on any atom is 0.236 e. The number of aromatic nitrogens is 1. The van der Waals surface area contributed by atoms with Crippen molar-refractivity contribution in [3.05, 3.63) is 24.3 Å². The van der Waals surface area contributed by atoms with Crippen molar-refractivity contribution in [3.63, 3.8) is 0 Å². The standard InChI is InChI=1S/C11H14N2O3S2/c1-8(16-2)7-18(14,15)13-11-9-5-3-4-6-10(9)17-12-11/h3-6,8H,7H2,1-2H3,(H,12,13). The van der Waals surface area contributed by atoms with Crippen LogP contribution in [0.3, 0.4) is 0 Å². The highest BCUT2D eigenvalue weighted by molar-refractivity contribution is 7.92. The van der Waals surface area contributed by atoms with Gasteiger partial charge in [0.15, 0.2) is 5.82 Å².